The fourth-order valence-corrected chi connectivity index (χ4v) is 5.90. The number of carbonyl (C=O) groups excluding carboxylic acids is 1. The van der Waals surface area contributed by atoms with E-state index in [0.717, 1.165) is 25.9 Å². The molecule has 0 bridgehead atoms. The molecule has 2 N–H and O–H groups in total. The number of carbonyl (C=O) groups is 1. The van der Waals surface area contributed by atoms with Crippen LogP contribution in [0, 0.1) is 0 Å². The van der Waals surface area contributed by atoms with Gasteiger partial charge in [0.25, 0.3) is 0 Å². The van der Waals surface area contributed by atoms with Crippen LogP contribution in [-0.2, 0) is 31.3 Å². The minimum atomic E-state index is -3.72. The number of halogens is 1. The number of nitrogens with zero attached hydrogens (tertiary/aromatic N) is 2. The second-order valence-corrected chi connectivity index (χ2v) is 12.0. The van der Waals surface area contributed by atoms with E-state index in [4.69, 9.17) is 0 Å². The van der Waals surface area contributed by atoms with Crippen LogP contribution in [-0.4, -0.2) is 73.3 Å². The summed E-state index contributed by atoms with van der Waals surface area (Å²) in [6.07, 6.45) is 2.06. The SMILES string of the molecule is CNS(=O)(=O)c1cccc(C(CN2CCCC2)N(C)C(=O)Cc2ccccc2S(=O)(=O)NC)c1.Cl. The number of amides is 1. The Balaban J connectivity index is 0.00000432. The molecule has 9 nitrogen and oxygen atoms in total. The van der Waals surface area contributed by atoms with Crippen molar-refractivity contribution in [2.75, 3.05) is 40.8 Å². The normalized spacial score (nSPS) is 15.4. The lowest BCUT2D eigenvalue weighted by atomic mass is 10.0. The zero-order valence-corrected chi connectivity index (χ0v) is 22.5. The molecule has 1 aliphatic heterocycles. The van der Waals surface area contributed by atoms with Crippen molar-refractivity contribution < 1.29 is 21.6 Å². The minimum Gasteiger partial charge on any atom is -0.337 e. The summed E-state index contributed by atoms with van der Waals surface area (Å²) in [4.78, 5) is 17.4. The summed E-state index contributed by atoms with van der Waals surface area (Å²) >= 11 is 0. The number of rotatable bonds is 10. The van der Waals surface area contributed by atoms with Gasteiger partial charge in [-0.2, -0.15) is 0 Å². The van der Waals surface area contributed by atoms with Gasteiger partial charge in [-0.1, -0.05) is 30.3 Å². The Labute approximate surface area is 214 Å². The average molecular weight is 545 g/mol. The maximum Gasteiger partial charge on any atom is 0.240 e. The predicted molar refractivity (Wildman–Crippen MR) is 138 cm³/mol. The summed E-state index contributed by atoms with van der Waals surface area (Å²) in [5.41, 5.74) is 1.11. The van der Waals surface area contributed by atoms with Crippen molar-refractivity contribution in [2.24, 2.45) is 0 Å². The summed E-state index contributed by atoms with van der Waals surface area (Å²) in [6.45, 7) is 2.38. The molecule has 2 aromatic carbocycles. The van der Waals surface area contributed by atoms with Crippen molar-refractivity contribution in [3.8, 4) is 0 Å². The van der Waals surface area contributed by atoms with Crippen LogP contribution in [0.25, 0.3) is 0 Å². The number of likely N-dealkylation sites (N-methyl/N-ethyl adjacent to an activating group) is 1. The van der Waals surface area contributed by atoms with Crippen LogP contribution in [0.2, 0.25) is 0 Å². The molecule has 0 radical (unpaired) electrons. The van der Waals surface area contributed by atoms with Gasteiger partial charge in [0.05, 0.1) is 22.3 Å². The van der Waals surface area contributed by atoms with E-state index in [1.165, 1.54) is 26.2 Å². The summed E-state index contributed by atoms with van der Waals surface area (Å²) in [6, 6.07) is 12.6. The van der Waals surface area contributed by atoms with Crippen LogP contribution in [0.5, 0.6) is 0 Å². The summed E-state index contributed by atoms with van der Waals surface area (Å²) < 4.78 is 54.2. The number of likely N-dealkylation sites (tertiary alicyclic amines) is 1. The fraction of sp³-hybridized carbons (Fsp3) is 0.435. The zero-order valence-electron chi connectivity index (χ0n) is 20.1. The fourth-order valence-electron chi connectivity index (χ4n) is 4.15. The first-order valence-electron chi connectivity index (χ1n) is 11.1. The van der Waals surface area contributed by atoms with Crippen molar-refractivity contribution in [3.05, 3.63) is 59.7 Å². The molecule has 1 amide bonds. The van der Waals surface area contributed by atoms with Gasteiger partial charge in [0.1, 0.15) is 0 Å². The Hall–Kier alpha value is -2.02. The molecular formula is C23H33ClN4O5S2. The summed E-state index contributed by atoms with van der Waals surface area (Å²) in [5.74, 6) is -0.259. The highest BCUT2D eigenvalue weighted by atomic mass is 35.5. The van der Waals surface area contributed by atoms with Gasteiger partial charge in [-0.3, -0.25) is 4.79 Å². The summed E-state index contributed by atoms with van der Waals surface area (Å²) in [5, 5.41) is 0. The van der Waals surface area contributed by atoms with E-state index in [1.54, 1.807) is 42.3 Å². The van der Waals surface area contributed by atoms with E-state index >= 15 is 0 Å². The monoisotopic (exact) mass is 544 g/mol. The lowest BCUT2D eigenvalue weighted by Crippen LogP contribution is -2.39. The van der Waals surface area contributed by atoms with Crippen molar-refractivity contribution in [1.29, 1.82) is 0 Å². The molecule has 0 aromatic heterocycles. The Morgan fingerprint density at radius 1 is 0.971 bits per heavy atom. The highest BCUT2D eigenvalue weighted by molar-refractivity contribution is 7.89. The van der Waals surface area contributed by atoms with E-state index in [1.807, 2.05) is 6.07 Å². The number of hydrogen-bond acceptors (Lipinski definition) is 6. The second kappa shape index (κ2) is 12.3. The van der Waals surface area contributed by atoms with Crippen LogP contribution in [0.1, 0.15) is 30.0 Å². The highest BCUT2D eigenvalue weighted by Crippen LogP contribution is 2.26. The topological polar surface area (TPSA) is 116 Å². The van der Waals surface area contributed by atoms with E-state index < -0.39 is 26.1 Å². The third-order valence-electron chi connectivity index (χ3n) is 6.19. The molecule has 1 unspecified atom stereocenters. The molecule has 0 spiro atoms. The Morgan fingerprint density at radius 2 is 1.60 bits per heavy atom. The average Bonchev–Trinajstić information content (AvgIpc) is 3.35. The number of benzene rings is 2. The van der Waals surface area contributed by atoms with Gasteiger partial charge in [-0.05, 0) is 69.4 Å². The lowest BCUT2D eigenvalue weighted by molar-refractivity contribution is -0.131. The smallest absolute Gasteiger partial charge is 0.240 e. The van der Waals surface area contributed by atoms with Crippen molar-refractivity contribution in [2.45, 2.75) is 35.1 Å². The Kier molecular flexibility index (Phi) is 10.3. The van der Waals surface area contributed by atoms with E-state index in [2.05, 4.69) is 14.3 Å². The Bertz CT molecular complexity index is 1230. The maximum absolute atomic E-state index is 13.4. The molecule has 1 saturated heterocycles. The number of sulfonamides is 2. The lowest BCUT2D eigenvalue weighted by Gasteiger charge is -2.32. The first-order valence-corrected chi connectivity index (χ1v) is 14.1. The molecule has 1 atom stereocenters. The first-order chi connectivity index (χ1) is 16.1. The van der Waals surface area contributed by atoms with Gasteiger partial charge in [-0.15, -0.1) is 12.4 Å². The van der Waals surface area contributed by atoms with E-state index in [-0.39, 0.29) is 34.5 Å². The van der Waals surface area contributed by atoms with E-state index in [9.17, 15) is 21.6 Å². The van der Waals surface area contributed by atoms with Gasteiger partial charge in [0.15, 0.2) is 0 Å². The quantitative estimate of drug-likeness (QED) is 0.471. The summed E-state index contributed by atoms with van der Waals surface area (Å²) in [7, 11) is -2.99. The molecule has 12 heteroatoms. The molecule has 0 aliphatic carbocycles. The zero-order chi connectivity index (χ0) is 24.9. The van der Waals surface area contributed by atoms with Gasteiger partial charge in [-0.25, -0.2) is 26.3 Å². The van der Waals surface area contributed by atoms with Gasteiger partial charge < -0.3 is 9.80 Å². The van der Waals surface area contributed by atoms with Crippen LogP contribution in [0.4, 0.5) is 0 Å². The number of nitrogens with one attached hydrogen (secondary N) is 2. The van der Waals surface area contributed by atoms with Crippen LogP contribution in [0.15, 0.2) is 58.3 Å². The van der Waals surface area contributed by atoms with Crippen LogP contribution < -0.4 is 9.44 Å². The third kappa shape index (κ3) is 7.02. The highest BCUT2D eigenvalue weighted by Gasteiger charge is 2.28. The molecule has 0 saturated carbocycles. The van der Waals surface area contributed by atoms with Gasteiger partial charge in [0, 0.05) is 13.6 Å². The standard InChI is InChI=1S/C23H32N4O5S2.ClH/c1-24-33(29,30)20-11-8-10-18(15-20)21(17-27-13-6-7-14-27)26(3)23(28)16-19-9-4-5-12-22(19)34(31,32)25-2;/h4-5,8-12,15,21,24-25H,6-7,13-14,16-17H2,1-3H3;1H. The van der Waals surface area contributed by atoms with Crippen LogP contribution >= 0.6 is 12.4 Å². The maximum atomic E-state index is 13.4. The molecule has 1 aliphatic rings. The van der Waals surface area contributed by atoms with E-state index in [0.29, 0.717) is 17.7 Å². The first kappa shape index (κ1) is 29.2. The molecule has 1 heterocycles. The largest absolute Gasteiger partial charge is 0.337 e. The predicted octanol–water partition coefficient (Wildman–Crippen LogP) is 1.76. The van der Waals surface area contributed by atoms with Crippen molar-refractivity contribution in [3.63, 3.8) is 0 Å². The third-order valence-corrected chi connectivity index (χ3v) is 9.11. The Morgan fingerprint density at radius 3 is 2.23 bits per heavy atom. The molecule has 194 valence electrons. The molecular weight excluding hydrogens is 512 g/mol. The van der Waals surface area contributed by atoms with Crippen molar-refractivity contribution >= 4 is 38.4 Å². The molecule has 35 heavy (non-hydrogen) atoms. The second-order valence-electron chi connectivity index (χ2n) is 8.30. The molecule has 1 fully saturated rings. The molecule has 3 rings (SSSR count). The van der Waals surface area contributed by atoms with Gasteiger partial charge in [0.2, 0.25) is 26.0 Å². The molecule has 2 aromatic rings. The van der Waals surface area contributed by atoms with Crippen LogP contribution in [0.3, 0.4) is 0 Å². The van der Waals surface area contributed by atoms with Gasteiger partial charge >= 0.3 is 0 Å². The van der Waals surface area contributed by atoms with Crippen molar-refractivity contribution in [1.82, 2.24) is 19.2 Å². The minimum absolute atomic E-state index is 0. The number of hydrogen-bond donors (Lipinski definition) is 2.